The minimum absolute atomic E-state index is 0.0147. The number of pyridine rings is 1. The summed E-state index contributed by atoms with van der Waals surface area (Å²) in [6.07, 6.45) is 1.95. The molecule has 0 radical (unpaired) electrons. The zero-order chi connectivity index (χ0) is 26.1. The molecule has 0 N–H and O–H groups in total. The molecule has 0 saturated carbocycles. The lowest BCUT2D eigenvalue weighted by atomic mass is 9.78. The quantitative estimate of drug-likeness (QED) is 0.308. The smallest absolute Gasteiger partial charge is 0.343 e. The van der Waals surface area contributed by atoms with Crippen molar-refractivity contribution in [1.82, 2.24) is 4.57 Å². The number of nitrogens with zero attached hydrogens (tertiary/aromatic N) is 2. The zero-order valence-corrected chi connectivity index (χ0v) is 20.2. The van der Waals surface area contributed by atoms with Gasteiger partial charge in [-0.05, 0) is 36.5 Å². The van der Waals surface area contributed by atoms with Crippen molar-refractivity contribution in [2.75, 3.05) is 26.9 Å². The topological polar surface area (TPSA) is 110 Å². The maximum absolute atomic E-state index is 13.9. The van der Waals surface area contributed by atoms with Crippen molar-refractivity contribution in [3.63, 3.8) is 0 Å². The molecule has 11 heteroatoms. The molecule has 1 unspecified atom stereocenters. The number of aromatic nitrogens is 1. The Morgan fingerprint density at radius 1 is 1.23 bits per heavy atom. The highest BCUT2D eigenvalue weighted by molar-refractivity contribution is 5.89. The van der Waals surface area contributed by atoms with Crippen LogP contribution in [-0.4, -0.2) is 48.3 Å². The summed E-state index contributed by atoms with van der Waals surface area (Å²) in [4.78, 5) is 34.5. The third-order valence-corrected chi connectivity index (χ3v) is 5.79. The predicted octanol–water partition coefficient (Wildman–Crippen LogP) is 4.13. The van der Waals surface area contributed by atoms with Crippen LogP contribution in [0.4, 0.5) is 8.78 Å². The van der Waals surface area contributed by atoms with Crippen molar-refractivity contribution in [2.45, 2.75) is 46.1 Å². The van der Waals surface area contributed by atoms with Crippen LogP contribution in [0.1, 0.15) is 49.7 Å². The van der Waals surface area contributed by atoms with Crippen LogP contribution in [0.5, 0.6) is 11.5 Å². The SMILES string of the molecule is CCOC(=O)c1cn2c(cc1=O)-c1cc(OC)c(OCC(F)(F)C[N+](=O)[O-])cc1CC2C(C)(C)C. The predicted molar refractivity (Wildman–Crippen MR) is 123 cm³/mol. The molecule has 3 rings (SSSR count). The van der Waals surface area contributed by atoms with Crippen LogP contribution < -0.4 is 14.9 Å². The van der Waals surface area contributed by atoms with Crippen LogP contribution in [0.15, 0.2) is 29.2 Å². The lowest BCUT2D eigenvalue weighted by molar-refractivity contribution is -0.506. The van der Waals surface area contributed by atoms with Gasteiger partial charge in [0.2, 0.25) is 0 Å². The van der Waals surface area contributed by atoms with Gasteiger partial charge in [0.15, 0.2) is 23.5 Å². The van der Waals surface area contributed by atoms with Gasteiger partial charge >= 0.3 is 11.9 Å². The average molecular weight is 494 g/mol. The molecule has 0 bridgehead atoms. The third kappa shape index (κ3) is 5.60. The summed E-state index contributed by atoms with van der Waals surface area (Å²) in [6.45, 7) is 5.07. The van der Waals surface area contributed by atoms with Crippen molar-refractivity contribution in [1.29, 1.82) is 0 Å². The summed E-state index contributed by atoms with van der Waals surface area (Å²) in [7, 11) is 1.33. The maximum Gasteiger partial charge on any atom is 0.343 e. The van der Waals surface area contributed by atoms with Gasteiger partial charge in [-0.15, -0.1) is 0 Å². The number of carbonyl (C=O) groups excluding carboxylic acids is 1. The number of halogens is 2. The standard InChI is InChI=1S/C24H28F2N2O7/c1-6-34-22(30)16-11-27-17(10-18(16)29)15-9-19(33-5)20(35-13-24(25,26)12-28(31)32)7-14(15)8-21(27)23(2,3)4/h7,9-11,21H,6,8,12-13H2,1-5H3. The molecule has 0 amide bonds. The highest BCUT2D eigenvalue weighted by Gasteiger charge is 2.38. The van der Waals surface area contributed by atoms with Gasteiger partial charge in [-0.1, -0.05) is 20.8 Å². The highest BCUT2D eigenvalue weighted by atomic mass is 19.3. The van der Waals surface area contributed by atoms with E-state index in [1.54, 1.807) is 19.1 Å². The van der Waals surface area contributed by atoms with Gasteiger partial charge in [0, 0.05) is 28.8 Å². The van der Waals surface area contributed by atoms with Crippen LogP contribution >= 0.6 is 0 Å². The Morgan fingerprint density at radius 3 is 2.49 bits per heavy atom. The number of ether oxygens (including phenoxy) is 3. The number of carbonyl (C=O) groups is 1. The summed E-state index contributed by atoms with van der Waals surface area (Å²) in [6, 6.07) is 4.29. The molecule has 1 aliphatic rings. The van der Waals surface area contributed by atoms with Crippen LogP contribution in [0.3, 0.4) is 0 Å². The molecular formula is C24H28F2N2O7. The van der Waals surface area contributed by atoms with E-state index in [1.807, 2.05) is 25.3 Å². The first-order valence-electron chi connectivity index (χ1n) is 11.0. The molecule has 190 valence electrons. The van der Waals surface area contributed by atoms with E-state index in [0.717, 1.165) is 5.56 Å². The number of methoxy groups -OCH3 is 1. The second-order valence-corrected chi connectivity index (χ2v) is 9.45. The Labute approximate surface area is 200 Å². The summed E-state index contributed by atoms with van der Waals surface area (Å²) < 4.78 is 45.2. The van der Waals surface area contributed by atoms with E-state index in [4.69, 9.17) is 14.2 Å². The van der Waals surface area contributed by atoms with E-state index in [1.165, 1.54) is 19.4 Å². The second-order valence-electron chi connectivity index (χ2n) is 9.45. The van der Waals surface area contributed by atoms with Gasteiger partial charge in [0.05, 0.1) is 19.4 Å². The van der Waals surface area contributed by atoms with Crippen LogP contribution in [0, 0.1) is 15.5 Å². The summed E-state index contributed by atoms with van der Waals surface area (Å²) in [5, 5.41) is 10.5. The Morgan fingerprint density at radius 2 is 1.91 bits per heavy atom. The van der Waals surface area contributed by atoms with Gasteiger partial charge in [0.1, 0.15) is 5.56 Å². The van der Waals surface area contributed by atoms with E-state index < -0.39 is 35.4 Å². The van der Waals surface area contributed by atoms with Gasteiger partial charge < -0.3 is 18.8 Å². The summed E-state index contributed by atoms with van der Waals surface area (Å²) in [5.74, 6) is -4.23. The van der Waals surface area contributed by atoms with Gasteiger partial charge in [-0.3, -0.25) is 14.9 Å². The number of esters is 1. The molecular weight excluding hydrogens is 466 g/mol. The largest absolute Gasteiger partial charge is 0.493 e. The Hall–Kier alpha value is -3.50. The number of hydrogen-bond donors (Lipinski definition) is 0. The van der Waals surface area contributed by atoms with Crippen LogP contribution in [-0.2, 0) is 11.2 Å². The van der Waals surface area contributed by atoms with Crippen molar-refractivity contribution in [2.24, 2.45) is 5.41 Å². The van der Waals surface area contributed by atoms with E-state index >= 15 is 0 Å². The van der Waals surface area contributed by atoms with Crippen LogP contribution in [0.2, 0.25) is 0 Å². The lowest BCUT2D eigenvalue weighted by Crippen LogP contribution is -2.34. The van der Waals surface area contributed by atoms with Crippen molar-refractivity contribution < 1.29 is 32.7 Å². The minimum Gasteiger partial charge on any atom is -0.493 e. The Kier molecular flexibility index (Phi) is 7.18. The zero-order valence-electron chi connectivity index (χ0n) is 20.2. The molecule has 0 fully saturated rings. The lowest BCUT2D eigenvalue weighted by Gasteiger charge is -2.39. The number of fused-ring (bicyclic) bond motifs is 3. The van der Waals surface area contributed by atoms with E-state index in [-0.39, 0.29) is 35.1 Å². The third-order valence-electron chi connectivity index (χ3n) is 5.79. The minimum atomic E-state index is -3.66. The molecule has 35 heavy (non-hydrogen) atoms. The first kappa shape index (κ1) is 26.1. The Balaban J connectivity index is 2.11. The molecule has 0 saturated heterocycles. The molecule has 1 aromatic heterocycles. The van der Waals surface area contributed by atoms with Crippen molar-refractivity contribution in [3.8, 4) is 22.8 Å². The highest BCUT2D eigenvalue weighted by Crippen LogP contribution is 2.45. The van der Waals surface area contributed by atoms with E-state index in [9.17, 15) is 28.5 Å². The first-order chi connectivity index (χ1) is 16.3. The fraction of sp³-hybridized carbons (Fsp3) is 0.500. The van der Waals surface area contributed by atoms with E-state index in [2.05, 4.69) is 0 Å². The first-order valence-corrected chi connectivity index (χ1v) is 11.0. The van der Waals surface area contributed by atoms with Gasteiger partial charge in [-0.2, -0.15) is 8.78 Å². The maximum atomic E-state index is 13.9. The molecule has 9 nitrogen and oxygen atoms in total. The second kappa shape index (κ2) is 9.63. The molecule has 1 atom stereocenters. The Bertz CT molecular complexity index is 1200. The molecule has 1 aromatic carbocycles. The molecule has 1 aliphatic heterocycles. The summed E-state index contributed by atoms with van der Waals surface area (Å²) in [5.41, 5.74) is 0.989. The number of hydrogen-bond acceptors (Lipinski definition) is 7. The monoisotopic (exact) mass is 494 g/mol. The number of benzene rings is 1. The number of nitro groups is 1. The molecule has 2 aromatic rings. The average Bonchev–Trinajstić information content (AvgIpc) is 2.74. The van der Waals surface area contributed by atoms with Crippen molar-refractivity contribution >= 4 is 5.97 Å². The van der Waals surface area contributed by atoms with E-state index in [0.29, 0.717) is 17.7 Å². The molecule has 0 spiro atoms. The van der Waals surface area contributed by atoms with Gasteiger partial charge in [0.25, 0.3) is 6.54 Å². The van der Waals surface area contributed by atoms with Crippen LogP contribution in [0.25, 0.3) is 11.3 Å². The summed E-state index contributed by atoms with van der Waals surface area (Å²) >= 11 is 0. The fourth-order valence-electron chi connectivity index (χ4n) is 4.12. The molecule has 2 heterocycles. The van der Waals surface area contributed by atoms with Gasteiger partial charge in [-0.25, -0.2) is 4.79 Å². The number of rotatable bonds is 8. The number of alkyl halides is 2. The van der Waals surface area contributed by atoms with Crippen molar-refractivity contribution in [3.05, 3.63) is 55.9 Å². The molecule has 0 aliphatic carbocycles. The normalized spacial score (nSPS) is 15.1. The fourth-order valence-corrected chi connectivity index (χ4v) is 4.12.